The van der Waals surface area contributed by atoms with Crippen LogP contribution < -0.4 is 4.74 Å². The van der Waals surface area contributed by atoms with Gasteiger partial charge in [-0.05, 0) is 23.8 Å². The summed E-state index contributed by atoms with van der Waals surface area (Å²) in [5.74, 6) is 0.595. The smallest absolute Gasteiger partial charge is 0.417 e. The van der Waals surface area contributed by atoms with E-state index in [2.05, 4.69) is 4.98 Å². The summed E-state index contributed by atoms with van der Waals surface area (Å²) in [7, 11) is 1.50. The van der Waals surface area contributed by atoms with Gasteiger partial charge in [-0.25, -0.2) is 0 Å². The van der Waals surface area contributed by atoms with Gasteiger partial charge in [0.1, 0.15) is 11.9 Å². The highest BCUT2D eigenvalue weighted by Crippen LogP contribution is 2.34. The minimum absolute atomic E-state index is 0.0326. The van der Waals surface area contributed by atoms with Gasteiger partial charge >= 0.3 is 6.18 Å². The van der Waals surface area contributed by atoms with Crippen molar-refractivity contribution >= 4 is 11.6 Å². The van der Waals surface area contributed by atoms with Crippen LogP contribution in [0.2, 0.25) is 5.02 Å². The highest BCUT2D eigenvalue weighted by molar-refractivity contribution is 6.31. The predicted octanol–water partition coefficient (Wildman–Crippen LogP) is 3.84. The fraction of sp³-hybridized carbons (Fsp3) is 0.214. The Morgan fingerprint density at radius 1 is 1.24 bits per heavy atom. The fourth-order valence-electron chi connectivity index (χ4n) is 1.75. The molecule has 0 aliphatic rings. The van der Waals surface area contributed by atoms with E-state index < -0.39 is 17.8 Å². The molecule has 0 radical (unpaired) electrons. The highest BCUT2D eigenvalue weighted by atomic mass is 35.5. The van der Waals surface area contributed by atoms with Gasteiger partial charge in [0.2, 0.25) is 0 Å². The van der Waals surface area contributed by atoms with Crippen molar-refractivity contribution in [1.29, 1.82) is 0 Å². The number of pyridine rings is 1. The summed E-state index contributed by atoms with van der Waals surface area (Å²) in [5, 5.41) is 9.92. The average Bonchev–Trinajstić information content (AvgIpc) is 2.45. The van der Waals surface area contributed by atoms with Crippen LogP contribution in [0.5, 0.6) is 5.75 Å². The second-order valence-corrected chi connectivity index (χ2v) is 4.67. The average molecular weight is 318 g/mol. The van der Waals surface area contributed by atoms with Gasteiger partial charge in [-0.1, -0.05) is 23.7 Å². The molecule has 0 aliphatic heterocycles. The molecular formula is C14H11ClF3NO2. The van der Waals surface area contributed by atoms with Crippen LogP contribution in [0, 0.1) is 0 Å². The Morgan fingerprint density at radius 2 is 1.86 bits per heavy atom. The van der Waals surface area contributed by atoms with E-state index in [1.165, 1.54) is 7.11 Å². The van der Waals surface area contributed by atoms with Gasteiger partial charge in [0.05, 0.1) is 23.4 Å². The lowest BCUT2D eigenvalue weighted by Crippen LogP contribution is -2.09. The monoisotopic (exact) mass is 317 g/mol. The van der Waals surface area contributed by atoms with Crippen molar-refractivity contribution in [3.8, 4) is 5.75 Å². The van der Waals surface area contributed by atoms with Crippen LogP contribution in [0.25, 0.3) is 0 Å². The van der Waals surface area contributed by atoms with Crippen molar-refractivity contribution in [3.05, 3.63) is 58.4 Å². The predicted molar refractivity (Wildman–Crippen MR) is 71.3 cm³/mol. The molecule has 3 nitrogen and oxygen atoms in total. The molecule has 0 amide bonds. The van der Waals surface area contributed by atoms with E-state index in [-0.39, 0.29) is 10.7 Å². The molecule has 0 saturated carbocycles. The van der Waals surface area contributed by atoms with Crippen LogP contribution in [0.1, 0.15) is 22.9 Å². The third-order valence-corrected chi connectivity index (χ3v) is 3.19. The summed E-state index contributed by atoms with van der Waals surface area (Å²) in [5.41, 5.74) is -0.544. The second kappa shape index (κ2) is 5.91. The van der Waals surface area contributed by atoms with E-state index in [9.17, 15) is 18.3 Å². The van der Waals surface area contributed by atoms with Crippen LogP contribution in [-0.2, 0) is 6.18 Å². The number of aliphatic hydroxyl groups is 1. The van der Waals surface area contributed by atoms with Crippen LogP contribution >= 0.6 is 11.6 Å². The number of benzene rings is 1. The highest BCUT2D eigenvalue weighted by Gasteiger charge is 2.32. The van der Waals surface area contributed by atoms with Gasteiger partial charge in [-0.15, -0.1) is 0 Å². The number of aromatic nitrogens is 1. The summed E-state index contributed by atoms with van der Waals surface area (Å²) in [6, 6.07) is 7.15. The largest absolute Gasteiger partial charge is 0.497 e. The Kier molecular flexibility index (Phi) is 4.39. The number of hydrogen-bond acceptors (Lipinski definition) is 3. The fourth-order valence-corrected chi connectivity index (χ4v) is 2.02. The van der Waals surface area contributed by atoms with Gasteiger partial charge in [0, 0.05) is 6.20 Å². The zero-order chi connectivity index (χ0) is 15.6. The number of hydrogen-bond donors (Lipinski definition) is 1. The molecule has 0 bridgehead atoms. The van der Waals surface area contributed by atoms with Crippen LogP contribution in [0.3, 0.4) is 0 Å². The quantitative estimate of drug-likeness (QED) is 0.935. The number of halogens is 4. The van der Waals surface area contributed by atoms with Gasteiger partial charge in [0.15, 0.2) is 0 Å². The van der Waals surface area contributed by atoms with Crippen molar-refractivity contribution in [2.45, 2.75) is 12.3 Å². The Labute approximate surface area is 124 Å². The Balaban J connectivity index is 2.32. The maximum Gasteiger partial charge on any atom is 0.417 e. The number of alkyl halides is 3. The molecule has 21 heavy (non-hydrogen) atoms. The summed E-state index contributed by atoms with van der Waals surface area (Å²) in [6.07, 6.45) is -5.10. The molecule has 0 spiro atoms. The third-order valence-electron chi connectivity index (χ3n) is 2.89. The lowest BCUT2D eigenvalue weighted by Gasteiger charge is -2.14. The molecule has 112 valence electrons. The molecule has 0 aliphatic carbocycles. The first kappa shape index (κ1) is 15.6. The van der Waals surface area contributed by atoms with Crippen molar-refractivity contribution in [2.75, 3.05) is 7.11 Å². The van der Waals surface area contributed by atoms with E-state index in [0.29, 0.717) is 17.5 Å². The number of ether oxygens (including phenoxy) is 1. The molecule has 0 unspecified atom stereocenters. The topological polar surface area (TPSA) is 42.4 Å². The molecule has 2 rings (SSSR count). The normalized spacial score (nSPS) is 13.0. The lowest BCUT2D eigenvalue weighted by molar-refractivity contribution is -0.137. The minimum Gasteiger partial charge on any atom is -0.497 e. The first-order chi connectivity index (χ1) is 9.82. The van der Waals surface area contributed by atoms with Crippen molar-refractivity contribution in [3.63, 3.8) is 0 Å². The van der Waals surface area contributed by atoms with E-state index in [4.69, 9.17) is 16.3 Å². The van der Waals surface area contributed by atoms with E-state index in [0.717, 1.165) is 6.07 Å². The SMILES string of the molecule is COc1ccc([C@H](O)c2ncc(C(F)(F)F)cc2Cl)cc1. The number of nitrogens with zero attached hydrogens (tertiary/aromatic N) is 1. The Morgan fingerprint density at radius 3 is 2.33 bits per heavy atom. The maximum absolute atomic E-state index is 12.5. The Bertz CT molecular complexity index is 629. The van der Waals surface area contributed by atoms with Gasteiger partial charge in [-0.3, -0.25) is 4.98 Å². The zero-order valence-electron chi connectivity index (χ0n) is 10.9. The maximum atomic E-state index is 12.5. The van der Waals surface area contributed by atoms with Gasteiger partial charge in [-0.2, -0.15) is 13.2 Å². The first-order valence-corrected chi connectivity index (χ1v) is 6.25. The number of methoxy groups -OCH3 is 1. The molecule has 1 heterocycles. The molecule has 2 aromatic rings. The van der Waals surface area contributed by atoms with Gasteiger partial charge in [0.25, 0.3) is 0 Å². The van der Waals surface area contributed by atoms with Crippen molar-refractivity contribution in [2.24, 2.45) is 0 Å². The van der Waals surface area contributed by atoms with E-state index >= 15 is 0 Å². The van der Waals surface area contributed by atoms with Gasteiger partial charge < -0.3 is 9.84 Å². The molecule has 1 atom stereocenters. The summed E-state index contributed by atoms with van der Waals surface area (Å²) < 4.78 is 42.6. The molecule has 1 aromatic heterocycles. The molecule has 0 fully saturated rings. The summed E-state index contributed by atoms with van der Waals surface area (Å²) in [4.78, 5) is 3.63. The van der Waals surface area contributed by atoms with E-state index in [1.54, 1.807) is 24.3 Å². The molecule has 1 N–H and O–H groups in total. The lowest BCUT2D eigenvalue weighted by atomic mass is 10.1. The molecule has 0 saturated heterocycles. The standard InChI is InChI=1S/C14H11ClF3NO2/c1-21-10-4-2-8(3-5-10)13(20)12-11(15)6-9(7-19-12)14(16,17)18/h2-7,13,20H,1H3/t13-/m0/s1. The first-order valence-electron chi connectivity index (χ1n) is 5.87. The third kappa shape index (κ3) is 3.46. The zero-order valence-corrected chi connectivity index (χ0v) is 11.6. The van der Waals surface area contributed by atoms with Crippen LogP contribution in [0.4, 0.5) is 13.2 Å². The second-order valence-electron chi connectivity index (χ2n) is 4.26. The molecule has 7 heteroatoms. The van der Waals surface area contributed by atoms with Crippen LogP contribution in [0.15, 0.2) is 36.5 Å². The van der Waals surface area contributed by atoms with Crippen LogP contribution in [-0.4, -0.2) is 17.2 Å². The summed E-state index contributed by atoms with van der Waals surface area (Å²) >= 11 is 5.79. The summed E-state index contributed by atoms with van der Waals surface area (Å²) in [6.45, 7) is 0. The number of rotatable bonds is 3. The van der Waals surface area contributed by atoms with Crippen molar-refractivity contribution in [1.82, 2.24) is 4.98 Å². The molecule has 1 aromatic carbocycles. The minimum atomic E-state index is -4.53. The van der Waals surface area contributed by atoms with E-state index in [1.807, 2.05) is 0 Å². The molecular weight excluding hydrogens is 307 g/mol. The van der Waals surface area contributed by atoms with Crippen molar-refractivity contribution < 1.29 is 23.0 Å². The Hall–Kier alpha value is -1.79. The number of aliphatic hydroxyl groups excluding tert-OH is 1.